The molecule has 0 spiro atoms. The third-order valence-electron chi connectivity index (χ3n) is 6.34. The Kier molecular flexibility index (Phi) is 6.68. The number of anilines is 2. The predicted octanol–water partition coefficient (Wildman–Crippen LogP) is 5.83. The summed E-state index contributed by atoms with van der Waals surface area (Å²) in [4.78, 5) is 25.9. The minimum atomic E-state index is -0.00395. The Morgan fingerprint density at radius 3 is 2.80 bits per heavy atom. The number of carbonyl (C=O) groups excluding carboxylic acids is 1. The number of amides is 1. The number of nitrogens with one attached hydrogen (secondary N) is 2. The summed E-state index contributed by atoms with van der Waals surface area (Å²) < 4.78 is 5.85. The highest BCUT2D eigenvalue weighted by Gasteiger charge is 2.25. The molecule has 3 aromatic heterocycles. The normalized spacial score (nSPS) is 14.1. The number of hydrogen-bond acceptors (Lipinski definition) is 5. The van der Waals surface area contributed by atoms with Crippen molar-refractivity contribution < 1.29 is 9.53 Å². The van der Waals surface area contributed by atoms with Gasteiger partial charge in [0.05, 0.1) is 16.4 Å². The SMILES string of the molecule is C=CC(=O)N1CCC(c2c[nH]c3nccc(Nc4ccc(OCc5ccccn5)c(Cl)c4)c23)CC1. The van der Waals surface area contributed by atoms with Gasteiger partial charge >= 0.3 is 0 Å². The van der Waals surface area contributed by atoms with Gasteiger partial charge in [-0.3, -0.25) is 9.78 Å². The molecule has 1 aromatic carbocycles. The van der Waals surface area contributed by atoms with Gasteiger partial charge in [-0.1, -0.05) is 24.2 Å². The summed E-state index contributed by atoms with van der Waals surface area (Å²) in [6.07, 6.45) is 8.74. The van der Waals surface area contributed by atoms with Crippen LogP contribution in [0.15, 0.2) is 73.7 Å². The largest absolute Gasteiger partial charge is 0.486 e. The van der Waals surface area contributed by atoms with Crippen LogP contribution in [0.25, 0.3) is 11.0 Å². The predicted molar refractivity (Wildman–Crippen MR) is 138 cm³/mol. The number of aromatic amines is 1. The maximum Gasteiger partial charge on any atom is 0.245 e. The smallest absolute Gasteiger partial charge is 0.245 e. The van der Waals surface area contributed by atoms with Crippen molar-refractivity contribution in [3.05, 3.63) is 90.0 Å². The maximum atomic E-state index is 12.0. The highest BCUT2D eigenvalue weighted by atomic mass is 35.5. The van der Waals surface area contributed by atoms with Crippen LogP contribution in [0.3, 0.4) is 0 Å². The number of rotatable bonds is 7. The Morgan fingerprint density at radius 2 is 2.06 bits per heavy atom. The first-order valence-electron chi connectivity index (χ1n) is 11.6. The molecule has 1 amide bonds. The molecule has 35 heavy (non-hydrogen) atoms. The van der Waals surface area contributed by atoms with Crippen molar-refractivity contribution in [3.63, 3.8) is 0 Å². The monoisotopic (exact) mass is 487 g/mol. The molecule has 178 valence electrons. The zero-order chi connectivity index (χ0) is 24.2. The summed E-state index contributed by atoms with van der Waals surface area (Å²) in [5.74, 6) is 0.940. The molecule has 0 atom stereocenters. The fraction of sp³-hybridized carbons (Fsp3) is 0.222. The molecule has 1 aliphatic rings. The van der Waals surface area contributed by atoms with Crippen LogP contribution in [0, 0.1) is 0 Å². The first-order valence-corrected chi connectivity index (χ1v) is 12.0. The van der Waals surface area contributed by atoms with Crippen LogP contribution in [-0.2, 0) is 11.4 Å². The number of carbonyl (C=O) groups is 1. The molecule has 0 unspecified atom stereocenters. The lowest BCUT2D eigenvalue weighted by atomic mass is 9.89. The third-order valence-corrected chi connectivity index (χ3v) is 6.63. The number of ether oxygens (including phenoxy) is 1. The quantitative estimate of drug-likeness (QED) is 0.321. The molecular weight excluding hydrogens is 462 g/mol. The van der Waals surface area contributed by atoms with E-state index in [1.165, 1.54) is 11.6 Å². The van der Waals surface area contributed by atoms with Gasteiger partial charge in [0.25, 0.3) is 0 Å². The second-order valence-electron chi connectivity index (χ2n) is 8.51. The number of likely N-dealkylation sites (tertiary alicyclic amines) is 1. The summed E-state index contributed by atoms with van der Waals surface area (Å²) in [6, 6.07) is 13.3. The molecule has 5 rings (SSSR count). The van der Waals surface area contributed by atoms with E-state index in [9.17, 15) is 4.79 Å². The van der Waals surface area contributed by atoms with Crippen LogP contribution in [0.1, 0.15) is 30.0 Å². The van der Waals surface area contributed by atoms with Gasteiger partial charge in [0.1, 0.15) is 18.0 Å². The molecule has 4 heterocycles. The van der Waals surface area contributed by atoms with Gasteiger partial charge < -0.3 is 19.9 Å². The summed E-state index contributed by atoms with van der Waals surface area (Å²) >= 11 is 6.52. The second-order valence-corrected chi connectivity index (χ2v) is 8.92. The lowest BCUT2D eigenvalue weighted by Crippen LogP contribution is -2.36. The van der Waals surface area contributed by atoms with E-state index < -0.39 is 0 Å². The van der Waals surface area contributed by atoms with Crippen LogP contribution >= 0.6 is 11.6 Å². The Hall–Kier alpha value is -3.84. The molecular formula is C27H26ClN5O2. The van der Waals surface area contributed by atoms with Crippen molar-refractivity contribution in [3.8, 4) is 5.75 Å². The minimum absolute atomic E-state index is 0.00395. The van der Waals surface area contributed by atoms with Crippen LogP contribution in [0.5, 0.6) is 5.75 Å². The van der Waals surface area contributed by atoms with Crippen molar-refractivity contribution in [2.45, 2.75) is 25.4 Å². The van der Waals surface area contributed by atoms with Crippen LogP contribution in [-0.4, -0.2) is 38.8 Å². The molecule has 1 fully saturated rings. The zero-order valence-electron chi connectivity index (χ0n) is 19.2. The van der Waals surface area contributed by atoms with Crippen molar-refractivity contribution in [1.82, 2.24) is 19.9 Å². The van der Waals surface area contributed by atoms with Crippen molar-refractivity contribution in [2.75, 3.05) is 18.4 Å². The van der Waals surface area contributed by atoms with Gasteiger partial charge in [0.2, 0.25) is 5.91 Å². The first-order chi connectivity index (χ1) is 17.1. The van der Waals surface area contributed by atoms with Crippen molar-refractivity contribution in [1.29, 1.82) is 0 Å². The number of pyridine rings is 2. The molecule has 0 aliphatic carbocycles. The highest BCUT2D eigenvalue weighted by molar-refractivity contribution is 6.32. The van der Waals surface area contributed by atoms with Gasteiger partial charge in [-0.05, 0) is 66.8 Å². The van der Waals surface area contributed by atoms with Crippen molar-refractivity contribution >= 4 is 39.9 Å². The lowest BCUT2D eigenvalue weighted by molar-refractivity contribution is -0.127. The summed E-state index contributed by atoms with van der Waals surface area (Å²) in [5.41, 5.74) is 4.68. The van der Waals surface area contributed by atoms with Crippen molar-refractivity contribution in [2.24, 2.45) is 0 Å². The molecule has 7 nitrogen and oxygen atoms in total. The van der Waals surface area contributed by atoms with E-state index in [-0.39, 0.29) is 5.91 Å². The fourth-order valence-corrected chi connectivity index (χ4v) is 4.77. The van der Waals surface area contributed by atoms with Crippen LogP contribution in [0.4, 0.5) is 11.4 Å². The highest BCUT2D eigenvalue weighted by Crippen LogP contribution is 2.38. The molecule has 1 aliphatic heterocycles. The van der Waals surface area contributed by atoms with Gasteiger partial charge in [-0.2, -0.15) is 0 Å². The Morgan fingerprint density at radius 1 is 1.20 bits per heavy atom. The molecule has 1 saturated heterocycles. The average molecular weight is 488 g/mol. The number of piperidine rings is 1. The second kappa shape index (κ2) is 10.2. The molecule has 4 aromatic rings. The molecule has 2 N–H and O–H groups in total. The van der Waals surface area contributed by atoms with E-state index in [0.29, 0.717) is 23.3 Å². The van der Waals surface area contributed by atoms with Gasteiger partial charge in [-0.25, -0.2) is 4.98 Å². The van der Waals surface area contributed by atoms with Crippen LogP contribution < -0.4 is 10.1 Å². The van der Waals surface area contributed by atoms with Gasteiger partial charge in [0.15, 0.2) is 0 Å². The number of nitrogens with zero attached hydrogens (tertiary/aromatic N) is 3. The Labute approximate surface area is 208 Å². The number of H-pyrrole nitrogens is 1. The number of halogens is 1. The number of benzene rings is 1. The van der Waals surface area contributed by atoms with E-state index in [0.717, 1.165) is 54.0 Å². The fourth-order valence-electron chi connectivity index (χ4n) is 4.53. The topological polar surface area (TPSA) is 83.1 Å². The van der Waals surface area contributed by atoms with E-state index in [4.69, 9.17) is 16.3 Å². The lowest BCUT2D eigenvalue weighted by Gasteiger charge is -2.31. The molecule has 8 heteroatoms. The summed E-state index contributed by atoms with van der Waals surface area (Å²) in [7, 11) is 0. The number of fused-ring (bicyclic) bond motifs is 1. The molecule has 0 bridgehead atoms. The molecule has 0 saturated carbocycles. The van der Waals surface area contributed by atoms with E-state index in [2.05, 4.69) is 26.8 Å². The van der Waals surface area contributed by atoms with Crippen LogP contribution in [0.2, 0.25) is 5.02 Å². The summed E-state index contributed by atoms with van der Waals surface area (Å²) in [5, 5.41) is 5.08. The number of aromatic nitrogens is 3. The Balaban J connectivity index is 1.33. The van der Waals surface area contributed by atoms with E-state index >= 15 is 0 Å². The minimum Gasteiger partial charge on any atom is -0.486 e. The Bertz CT molecular complexity index is 1350. The maximum absolute atomic E-state index is 12.0. The summed E-state index contributed by atoms with van der Waals surface area (Å²) in [6.45, 7) is 5.40. The van der Waals surface area contributed by atoms with E-state index in [1.54, 1.807) is 12.4 Å². The number of hydrogen-bond donors (Lipinski definition) is 2. The standard InChI is InChI=1S/C27H26ClN5O2/c1-2-25(34)33-13-9-18(10-14-33)21-16-31-27-26(21)23(8-12-30-27)32-19-6-7-24(22(28)15-19)35-17-20-5-3-4-11-29-20/h2-8,11-12,15-16,18H,1,9-10,13-14,17H2,(H2,30,31,32). The third kappa shape index (κ3) is 5.00. The zero-order valence-corrected chi connectivity index (χ0v) is 20.0. The van der Waals surface area contributed by atoms with Gasteiger partial charge in [-0.15, -0.1) is 0 Å². The average Bonchev–Trinajstić information content (AvgIpc) is 3.34. The first kappa shape index (κ1) is 22.9. The van der Waals surface area contributed by atoms with Gasteiger partial charge in [0, 0.05) is 42.8 Å². The molecule has 0 radical (unpaired) electrons. The van der Waals surface area contributed by atoms with E-state index in [1.807, 2.05) is 53.6 Å².